The molecule has 3 N–H and O–H groups in total. The molecule has 0 rings (SSSR count). The van der Waals surface area contributed by atoms with E-state index in [0.717, 1.165) is 4.90 Å². The van der Waals surface area contributed by atoms with E-state index in [-0.39, 0.29) is 5.84 Å². The highest BCUT2D eigenvalue weighted by atomic mass is 19.4. The third kappa shape index (κ3) is 6.58. The lowest BCUT2D eigenvalue weighted by Gasteiger charge is -2.17. The number of carbonyl (C=O) groups excluding carboxylic acids is 1. The first-order chi connectivity index (χ1) is 6.76. The molecule has 0 aliphatic carbocycles. The molecule has 0 aromatic carbocycles. The number of rotatable bonds is 4. The highest BCUT2D eigenvalue weighted by Gasteiger charge is 2.28. The first kappa shape index (κ1) is 13.5. The molecular formula is C7H12F3N3O2. The second-order valence-electron chi connectivity index (χ2n) is 2.95. The maximum atomic E-state index is 11.8. The number of nitrogens with two attached hydrogens (primary N) is 1. The lowest BCUT2D eigenvalue weighted by Crippen LogP contribution is -2.33. The van der Waals surface area contributed by atoms with E-state index in [1.54, 1.807) is 0 Å². The normalized spacial score (nSPS) is 12.7. The van der Waals surface area contributed by atoms with Gasteiger partial charge in [0.05, 0.1) is 12.8 Å². The second-order valence-corrected chi connectivity index (χ2v) is 2.95. The van der Waals surface area contributed by atoms with Gasteiger partial charge in [-0.25, -0.2) is 0 Å². The van der Waals surface area contributed by atoms with Crippen LogP contribution in [0.15, 0.2) is 5.16 Å². The minimum Gasteiger partial charge on any atom is -0.409 e. The molecule has 0 heterocycles. The van der Waals surface area contributed by atoms with Crippen LogP contribution in [0.4, 0.5) is 13.2 Å². The lowest BCUT2D eigenvalue weighted by molar-refractivity contribution is -0.143. The molecule has 0 aromatic rings. The van der Waals surface area contributed by atoms with Crippen LogP contribution < -0.4 is 5.73 Å². The third-order valence-corrected chi connectivity index (χ3v) is 1.62. The molecule has 8 heteroatoms. The molecule has 0 aliphatic heterocycles. The highest BCUT2D eigenvalue weighted by Crippen LogP contribution is 2.19. The van der Waals surface area contributed by atoms with Crippen LogP contribution in [0.2, 0.25) is 0 Å². The van der Waals surface area contributed by atoms with Crippen LogP contribution in [-0.2, 0) is 4.79 Å². The van der Waals surface area contributed by atoms with Gasteiger partial charge in [0.15, 0.2) is 0 Å². The molecule has 0 aliphatic rings. The van der Waals surface area contributed by atoms with Gasteiger partial charge in [0.2, 0.25) is 5.91 Å². The van der Waals surface area contributed by atoms with Crippen molar-refractivity contribution in [2.75, 3.05) is 13.6 Å². The van der Waals surface area contributed by atoms with Crippen LogP contribution in [-0.4, -0.2) is 41.6 Å². The smallest absolute Gasteiger partial charge is 0.390 e. The van der Waals surface area contributed by atoms with Gasteiger partial charge in [0, 0.05) is 13.6 Å². The fourth-order valence-corrected chi connectivity index (χ4v) is 0.744. The molecule has 0 saturated carbocycles. The molecule has 0 radical (unpaired) electrons. The molecule has 88 valence electrons. The van der Waals surface area contributed by atoms with Crippen LogP contribution in [0.5, 0.6) is 0 Å². The van der Waals surface area contributed by atoms with Crippen LogP contribution in [0.1, 0.15) is 12.8 Å². The number of alkyl halides is 3. The number of halogens is 3. The molecule has 0 aromatic heterocycles. The number of amides is 1. The fraction of sp³-hybridized carbons (Fsp3) is 0.714. The molecule has 0 atom stereocenters. The summed E-state index contributed by atoms with van der Waals surface area (Å²) in [6, 6.07) is 0. The number of nitrogens with zero attached hydrogens (tertiary/aromatic N) is 2. The molecule has 0 saturated heterocycles. The number of carbonyl (C=O) groups is 1. The monoisotopic (exact) mass is 227 g/mol. The number of amidine groups is 1. The molecule has 1 amide bonds. The Morgan fingerprint density at radius 3 is 2.47 bits per heavy atom. The van der Waals surface area contributed by atoms with E-state index < -0.39 is 31.5 Å². The molecule has 0 bridgehead atoms. The SMILES string of the molecule is CN(CCC(F)(F)F)C(=O)CC(N)=NO. The number of hydrogen-bond donors (Lipinski definition) is 2. The van der Waals surface area contributed by atoms with Crippen LogP contribution >= 0.6 is 0 Å². The minimum absolute atomic E-state index is 0.334. The zero-order valence-electron chi connectivity index (χ0n) is 8.08. The molecular weight excluding hydrogens is 215 g/mol. The third-order valence-electron chi connectivity index (χ3n) is 1.62. The summed E-state index contributed by atoms with van der Waals surface area (Å²) in [5, 5.41) is 10.7. The van der Waals surface area contributed by atoms with Crippen molar-refractivity contribution < 1.29 is 23.2 Å². The average molecular weight is 227 g/mol. The highest BCUT2D eigenvalue weighted by molar-refractivity contribution is 5.98. The summed E-state index contributed by atoms with van der Waals surface area (Å²) in [4.78, 5) is 12.0. The van der Waals surface area contributed by atoms with E-state index in [9.17, 15) is 18.0 Å². The quantitative estimate of drug-likeness (QED) is 0.318. The maximum Gasteiger partial charge on any atom is 0.390 e. The Bertz CT molecular complexity index is 252. The lowest BCUT2D eigenvalue weighted by atomic mass is 10.3. The molecule has 0 unspecified atom stereocenters. The summed E-state index contributed by atoms with van der Waals surface area (Å²) < 4.78 is 35.3. The largest absolute Gasteiger partial charge is 0.409 e. The van der Waals surface area contributed by atoms with Crippen LogP contribution in [0.25, 0.3) is 0 Å². The average Bonchev–Trinajstić information content (AvgIpc) is 2.12. The Balaban J connectivity index is 4.00. The Labute approximate surface area is 84.3 Å². The van der Waals surface area contributed by atoms with Crippen molar-refractivity contribution in [1.29, 1.82) is 0 Å². The summed E-state index contributed by atoms with van der Waals surface area (Å²) in [7, 11) is 1.22. The minimum atomic E-state index is -4.30. The maximum absolute atomic E-state index is 11.8. The second kappa shape index (κ2) is 5.42. The zero-order valence-corrected chi connectivity index (χ0v) is 8.08. The van der Waals surface area contributed by atoms with Crippen molar-refractivity contribution in [3.05, 3.63) is 0 Å². The van der Waals surface area contributed by atoms with E-state index >= 15 is 0 Å². The van der Waals surface area contributed by atoms with E-state index in [2.05, 4.69) is 5.16 Å². The number of oxime groups is 1. The van der Waals surface area contributed by atoms with Crippen molar-refractivity contribution in [1.82, 2.24) is 4.90 Å². The molecule has 5 nitrogen and oxygen atoms in total. The van der Waals surface area contributed by atoms with Crippen LogP contribution in [0.3, 0.4) is 0 Å². The van der Waals surface area contributed by atoms with Gasteiger partial charge in [0.1, 0.15) is 5.84 Å². The Hall–Kier alpha value is -1.47. The van der Waals surface area contributed by atoms with E-state index in [1.807, 2.05) is 0 Å². The van der Waals surface area contributed by atoms with Gasteiger partial charge in [0.25, 0.3) is 0 Å². The Morgan fingerprint density at radius 2 is 2.07 bits per heavy atom. The van der Waals surface area contributed by atoms with Crippen molar-refractivity contribution in [2.45, 2.75) is 19.0 Å². The predicted molar refractivity (Wildman–Crippen MR) is 46.3 cm³/mol. The van der Waals surface area contributed by atoms with Crippen molar-refractivity contribution in [2.24, 2.45) is 10.9 Å². The Kier molecular flexibility index (Phi) is 4.89. The van der Waals surface area contributed by atoms with Crippen molar-refractivity contribution >= 4 is 11.7 Å². The molecule has 0 fully saturated rings. The first-order valence-electron chi connectivity index (χ1n) is 4.03. The van der Waals surface area contributed by atoms with Crippen molar-refractivity contribution in [3.63, 3.8) is 0 Å². The summed E-state index contributed by atoms with van der Waals surface area (Å²) in [6.07, 6.45) is -5.78. The molecule has 15 heavy (non-hydrogen) atoms. The van der Waals surface area contributed by atoms with E-state index in [0.29, 0.717) is 0 Å². The van der Waals surface area contributed by atoms with Gasteiger partial charge in [-0.05, 0) is 0 Å². The Morgan fingerprint density at radius 1 is 1.53 bits per heavy atom. The van der Waals surface area contributed by atoms with Crippen molar-refractivity contribution in [3.8, 4) is 0 Å². The fourth-order valence-electron chi connectivity index (χ4n) is 0.744. The zero-order chi connectivity index (χ0) is 12.1. The van der Waals surface area contributed by atoms with Crippen LogP contribution in [0, 0.1) is 0 Å². The van der Waals surface area contributed by atoms with E-state index in [1.165, 1.54) is 7.05 Å². The standard InChI is InChI=1S/C7H12F3N3O2/c1-13(3-2-7(8,9)10)6(14)4-5(11)12-15/h15H,2-4H2,1H3,(H2,11,12). The summed E-state index contributed by atoms with van der Waals surface area (Å²) in [5.74, 6) is -0.964. The topological polar surface area (TPSA) is 78.9 Å². The summed E-state index contributed by atoms with van der Waals surface area (Å²) in [5.41, 5.74) is 5.02. The van der Waals surface area contributed by atoms with Gasteiger partial charge >= 0.3 is 6.18 Å². The summed E-state index contributed by atoms with van der Waals surface area (Å²) >= 11 is 0. The summed E-state index contributed by atoms with van der Waals surface area (Å²) in [6.45, 7) is -0.443. The molecule has 0 spiro atoms. The predicted octanol–water partition coefficient (Wildman–Crippen LogP) is 0.534. The number of hydrogen-bond acceptors (Lipinski definition) is 3. The van der Waals surface area contributed by atoms with E-state index in [4.69, 9.17) is 10.9 Å². The van der Waals surface area contributed by atoms with Gasteiger partial charge in [-0.15, -0.1) is 0 Å². The van der Waals surface area contributed by atoms with Gasteiger partial charge in [-0.3, -0.25) is 4.79 Å². The first-order valence-corrected chi connectivity index (χ1v) is 4.03. The van der Waals surface area contributed by atoms with Gasteiger partial charge in [-0.1, -0.05) is 5.16 Å². The van der Waals surface area contributed by atoms with Gasteiger partial charge in [-0.2, -0.15) is 13.2 Å². The van der Waals surface area contributed by atoms with Gasteiger partial charge < -0.3 is 15.8 Å².